The Morgan fingerprint density at radius 1 is 1.16 bits per heavy atom. The minimum Gasteiger partial charge on any atom is -0.494 e. The molecule has 19 heavy (non-hydrogen) atoms. The summed E-state index contributed by atoms with van der Waals surface area (Å²) in [4.78, 5) is 11.9. The molecule has 104 valence electrons. The number of benzene rings is 1. The molecule has 3 heteroatoms. The van der Waals surface area contributed by atoms with Crippen LogP contribution in [0.25, 0.3) is 0 Å². The molecule has 0 bridgehead atoms. The van der Waals surface area contributed by atoms with Gasteiger partial charge >= 0.3 is 5.97 Å². The molecule has 0 N–H and O–H groups in total. The van der Waals surface area contributed by atoms with Crippen molar-refractivity contribution in [2.24, 2.45) is 5.92 Å². The maximum absolute atomic E-state index is 11.9. The standard InChI is InChI=1S/C16H22O3/c1-5-18-15-10-8-14(9-11-15)16(17)19-13(4)7-6-12(2)3/h6-13H,5H2,1-4H3. The second kappa shape index (κ2) is 7.62. The molecule has 0 aromatic heterocycles. The quantitative estimate of drug-likeness (QED) is 0.577. The van der Waals surface area contributed by atoms with Crippen LogP contribution in [0.3, 0.4) is 0 Å². The van der Waals surface area contributed by atoms with Crippen LogP contribution in [0.15, 0.2) is 36.4 Å². The van der Waals surface area contributed by atoms with Gasteiger partial charge in [0, 0.05) is 0 Å². The molecule has 1 unspecified atom stereocenters. The highest BCUT2D eigenvalue weighted by atomic mass is 16.5. The van der Waals surface area contributed by atoms with Gasteiger partial charge in [0.25, 0.3) is 0 Å². The van der Waals surface area contributed by atoms with Gasteiger partial charge in [-0.1, -0.05) is 19.9 Å². The number of ether oxygens (including phenoxy) is 2. The highest BCUT2D eigenvalue weighted by Crippen LogP contribution is 2.13. The van der Waals surface area contributed by atoms with Gasteiger partial charge in [-0.3, -0.25) is 0 Å². The van der Waals surface area contributed by atoms with Gasteiger partial charge < -0.3 is 9.47 Å². The van der Waals surface area contributed by atoms with Crippen molar-refractivity contribution in [3.05, 3.63) is 42.0 Å². The monoisotopic (exact) mass is 262 g/mol. The van der Waals surface area contributed by atoms with E-state index in [9.17, 15) is 4.79 Å². The van der Waals surface area contributed by atoms with E-state index < -0.39 is 0 Å². The minimum atomic E-state index is -0.316. The van der Waals surface area contributed by atoms with E-state index >= 15 is 0 Å². The lowest BCUT2D eigenvalue weighted by Gasteiger charge is -2.10. The van der Waals surface area contributed by atoms with Crippen molar-refractivity contribution in [2.45, 2.75) is 33.8 Å². The van der Waals surface area contributed by atoms with Crippen LogP contribution in [0.5, 0.6) is 5.75 Å². The highest BCUT2D eigenvalue weighted by Gasteiger charge is 2.10. The Bertz CT molecular complexity index is 418. The van der Waals surface area contributed by atoms with Crippen LogP contribution in [0.1, 0.15) is 38.1 Å². The first-order chi connectivity index (χ1) is 9.02. The average Bonchev–Trinajstić information content (AvgIpc) is 2.37. The summed E-state index contributed by atoms with van der Waals surface area (Å²) in [7, 11) is 0. The third kappa shape index (κ3) is 5.60. The normalized spacial score (nSPS) is 12.7. The Kier molecular flexibility index (Phi) is 6.13. The largest absolute Gasteiger partial charge is 0.494 e. The Morgan fingerprint density at radius 3 is 2.32 bits per heavy atom. The third-order valence-electron chi connectivity index (χ3n) is 2.46. The van der Waals surface area contributed by atoms with Crippen LogP contribution in [-0.4, -0.2) is 18.7 Å². The van der Waals surface area contributed by atoms with Crippen LogP contribution in [0.4, 0.5) is 0 Å². The fourth-order valence-corrected chi connectivity index (χ4v) is 1.51. The molecule has 0 aliphatic heterocycles. The molecule has 1 rings (SSSR count). The van der Waals surface area contributed by atoms with Crippen molar-refractivity contribution in [1.29, 1.82) is 0 Å². The summed E-state index contributed by atoms with van der Waals surface area (Å²) in [6, 6.07) is 6.97. The predicted molar refractivity (Wildman–Crippen MR) is 76.5 cm³/mol. The zero-order chi connectivity index (χ0) is 14.3. The summed E-state index contributed by atoms with van der Waals surface area (Å²) < 4.78 is 10.6. The topological polar surface area (TPSA) is 35.5 Å². The number of hydrogen-bond donors (Lipinski definition) is 0. The summed E-state index contributed by atoms with van der Waals surface area (Å²) in [6.45, 7) is 8.55. The average molecular weight is 262 g/mol. The van der Waals surface area contributed by atoms with Crippen LogP contribution < -0.4 is 4.74 Å². The first-order valence-electron chi connectivity index (χ1n) is 6.65. The highest BCUT2D eigenvalue weighted by molar-refractivity contribution is 5.89. The Labute approximate surface area is 115 Å². The van der Waals surface area contributed by atoms with E-state index in [1.165, 1.54) is 0 Å². The molecular weight excluding hydrogens is 240 g/mol. The van der Waals surface area contributed by atoms with Gasteiger partial charge in [-0.25, -0.2) is 4.79 Å². The van der Waals surface area contributed by atoms with Gasteiger partial charge in [-0.05, 0) is 50.1 Å². The molecule has 0 aliphatic rings. The Hall–Kier alpha value is -1.77. The third-order valence-corrected chi connectivity index (χ3v) is 2.46. The van der Waals surface area contributed by atoms with Gasteiger partial charge in [0.2, 0.25) is 0 Å². The maximum Gasteiger partial charge on any atom is 0.338 e. The molecule has 0 fully saturated rings. The lowest BCUT2D eigenvalue weighted by molar-refractivity contribution is 0.0424. The zero-order valence-electron chi connectivity index (χ0n) is 12.1. The SMILES string of the molecule is CCOc1ccc(C(=O)OC(C)C=CC(C)C)cc1. The number of esters is 1. The number of allylic oxidation sites excluding steroid dienone is 1. The smallest absolute Gasteiger partial charge is 0.338 e. The molecule has 0 saturated heterocycles. The van der Waals surface area contributed by atoms with Crippen molar-refractivity contribution in [3.63, 3.8) is 0 Å². The molecular formula is C16H22O3. The van der Waals surface area contributed by atoms with Crippen molar-refractivity contribution >= 4 is 5.97 Å². The first-order valence-corrected chi connectivity index (χ1v) is 6.65. The molecule has 0 heterocycles. The van der Waals surface area contributed by atoms with E-state index in [1.807, 2.05) is 26.0 Å². The summed E-state index contributed by atoms with van der Waals surface area (Å²) in [6.07, 6.45) is 3.70. The summed E-state index contributed by atoms with van der Waals surface area (Å²) in [5.41, 5.74) is 0.535. The van der Waals surface area contributed by atoms with Crippen molar-refractivity contribution in [3.8, 4) is 5.75 Å². The maximum atomic E-state index is 11.9. The van der Waals surface area contributed by atoms with Crippen molar-refractivity contribution < 1.29 is 14.3 Å². The predicted octanol–water partition coefficient (Wildman–Crippen LogP) is 3.84. The van der Waals surface area contributed by atoms with E-state index in [-0.39, 0.29) is 12.1 Å². The minimum absolute atomic E-state index is 0.221. The lowest BCUT2D eigenvalue weighted by Crippen LogP contribution is -2.13. The van der Waals surface area contributed by atoms with Gasteiger partial charge in [-0.15, -0.1) is 0 Å². The number of hydrogen-bond acceptors (Lipinski definition) is 3. The molecule has 0 spiro atoms. The molecule has 0 saturated carbocycles. The van der Waals surface area contributed by atoms with E-state index in [4.69, 9.17) is 9.47 Å². The zero-order valence-corrected chi connectivity index (χ0v) is 12.1. The van der Waals surface area contributed by atoms with Crippen LogP contribution >= 0.6 is 0 Å². The molecule has 0 amide bonds. The first kappa shape index (κ1) is 15.3. The Morgan fingerprint density at radius 2 is 1.79 bits per heavy atom. The lowest BCUT2D eigenvalue weighted by atomic mass is 10.2. The second-order valence-corrected chi connectivity index (χ2v) is 4.70. The van der Waals surface area contributed by atoms with Gasteiger partial charge in [0.15, 0.2) is 0 Å². The summed E-state index contributed by atoms with van der Waals surface area (Å²) >= 11 is 0. The Balaban J connectivity index is 2.57. The fraction of sp³-hybridized carbons (Fsp3) is 0.438. The second-order valence-electron chi connectivity index (χ2n) is 4.70. The van der Waals surface area contributed by atoms with E-state index in [1.54, 1.807) is 24.3 Å². The molecule has 1 aromatic rings. The molecule has 0 aliphatic carbocycles. The van der Waals surface area contributed by atoms with Crippen molar-refractivity contribution in [2.75, 3.05) is 6.61 Å². The van der Waals surface area contributed by atoms with E-state index in [0.717, 1.165) is 5.75 Å². The summed E-state index contributed by atoms with van der Waals surface area (Å²) in [5, 5.41) is 0. The summed E-state index contributed by atoms with van der Waals surface area (Å²) in [5.74, 6) is 0.891. The molecule has 3 nitrogen and oxygen atoms in total. The van der Waals surface area contributed by atoms with E-state index in [2.05, 4.69) is 13.8 Å². The molecule has 1 aromatic carbocycles. The molecule has 0 radical (unpaired) electrons. The van der Waals surface area contributed by atoms with E-state index in [0.29, 0.717) is 18.1 Å². The van der Waals surface area contributed by atoms with Gasteiger partial charge in [0.05, 0.1) is 12.2 Å². The van der Waals surface area contributed by atoms with Crippen LogP contribution in [0.2, 0.25) is 0 Å². The van der Waals surface area contributed by atoms with Crippen molar-refractivity contribution in [1.82, 2.24) is 0 Å². The number of carbonyl (C=O) groups excluding carboxylic acids is 1. The van der Waals surface area contributed by atoms with Gasteiger partial charge in [-0.2, -0.15) is 0 Å². The fourth-order valence-electron chi connectivity index (χ4n) is 1.51. The van der Waals surface area contributed by atoms with Gasteiger partial charge in [0.1, 0.15) is 11.9 Å². The van der Waals surface area contributed by atoms with Crippen LogP contribution in [-0.2, 0) is 4.74 Å². The van der Waals surface area contributed by atoms with Crippen LogP contribution in [0, 0.1) is 5.92 Å². The molecule has 1 atom stereocenters. The number of carbonyl (C=O) groups is 1. The number of rotatable bonds is 6.